The summed E-state index contributed by atoms with van der Waals surface area (Å²) in [5, 5.41) is 0. The molecule has 3 aliphatic rings. The number of fused-ring (bicyclic) bond motifs is 1. The molecule has 106 valence electrons. The molecule has 0 radical (unpaired) electrons. The van der Waals surface area contributed by atoms with Crippen molar-refractivity contribution in [1.29, 1.82) is 0 Å². The molecule has 1 aromatic rings. The maximum atomic E-state index is 12.5. The van der Waals surface area contributed by atoms with Crippen LogP contribution in [0.5, 0.6) is 11.5 Å². The minimum atomic E-state index is 0.191. The molecule has 0 N–H and O–H groups in total. The van der Waals surface area contributed by atoms with E-state index in [1.54, 1.807) is 0 Å². The van der Waals surface area contributed by atoms with Gasteiger partial charge >= 0.3 is 0 Å². The van der Waals surface area contributed by atoms with E-state index in [0.29, 0.717) is 18.3 Å². The molecule has 1 aromatic carbocycles. The summed E-state index contributed by atoms with van der Waals surface area (Å²) in [5.74, 6) is 2.45. The van der Waals surface area contributed by atoms with Crippen molar-refractivity contribution >= 4 is 5.78 Å². The van der Waals surface area contributed by atoms with E-state index in [2.05, 4.69) is 4.90 Å². The lowest BCUT2D eigenvalue weighted by molar-refractivity contribution is 0.0920. The summed E-state index contributed by atoms with van der Waals surface area (Å²) in [6, 6.07) is 6.14. The SMILES string of the molecule is O=C(CN(CC1CC1)C1CC1)c1ccc2c(c1)OCO2. The molecule has 0 amide bonds. The predicted octanol–water partition coefficient (Wildman–Crippen LogP) is 2.47. The molecular formula is C16H19NO3. The summed E-state index contributed by atoms with van der Waals surface area (Å²) in [4.78, 5) is 14.8. The Balaban J connectivity index is 1.45. The van der Waals surface area contributed by atoms with Crippen LogP contribution in [0.2, 0.25) is 0 Å². The van der Waals surface area contributed by atoms with E-state index in [4.69, 9.17) is 9.47 Å². The van der Waals surface area contributed by atoms with Crippen molar-refractivity contribution in [3.63, 3.8) is 0 Å². The molecule has 0 bridgehead atoms. The molecule has 4 nitrogen and oxygen atoms in total. The number of carbonyl (C=O) groups excluding carboxylic acids is 1. The minimum absolute atomic E-state index is 0.191. The highest BCUT2D eigenvalue weighted by Crippen LogP contribution is 2.35. The van der Waals surface area contributed by atoms with Crippen LogP contribution < -0.4 is 9.47 Å². The van der Waals surface area contributed by atoms with Gasteiger partial charge in [-0.2, -0.15) is 0 Å². The van der Waals surface area contributed by atoms with Gasteiger partial charge in [0.05, 0.1) is 6.54 Å². The Kier molecular flexibility index (Phi) is 2.91. The molecule has 2 fully saturated rings. The quantitative estimate of drug-likeness (QED) is 0.746. The number of Topliss-reactive ketones (excluding diaryl/α,β-unsaturated/α-hetero) is 1. The number of ketones is 1. The molecule has 2 aliphatic carbocycles. The van der Waals surface area contributed by atoms with Gasteiger partial charge in [0.15, 0.2) is 17.3 Å². The van der Waals surface area contributed by atoms with Crippen LogP contribution in [-0.4, -0.2) is 36.6 Å². The van der Waals surface area contributed by atoms with Gasteiger partial charge in [0.25, 0.3) is 0 Å². The summed E-state index contributed by atoms with van der Waals surface area (Å²) in [6.45, 7) is 1.89. The number of carbonyl (C=O) groups is 1. The molecule has 0 spiro atoms. The Morgan fingerprint density at radius 2 is 1.95 bits per heavy atom. The lowest BCUT2D eigenvalue weighted by atomic mass is 10.1. The van der Waals surface area contributed by atoms with Crippen LogP contribution in [0.25, 0.3) is 0 Å². The van der Waals surface area contributed by atoms with Crippen LogP contribution in [0.1, 0.15) is 36.0 Å². The fourth-order valence-corrected chi connectivity index (χ4v) is 2.76. The second kappa shape index (κ2) is 4.77. The number of benzene rings is 1. The zero-order valence-electron chi connectivity index (χ0n) is 11.5. The maximum absolute atomic E-state index is 12.5. The topological polar surface area (TPSA) is 38.8 Å². The highest BCUT2D eigenvalue weighted by molar-refractivity contribution is 5.98. The third-order valence-electron chi connectivity index (χ3n) is 4.29. The Hall–Kier alpha value is -1.55. The van der Waals surface area contributed by atoms with Gasteiger partial charge in [0.1, 0.15) is 0 Å². The van der Waals surface area contributed by atoms with E-state index >= 15 is 0 Å². The number of rotatable bonds is 6. The van der Waals surface area contributed by atoms with Crippen LogP contribution in [-0.2, 0) is 0 Å². The average molecular weight is 273 g/mol. The van der Waals surface area contributed by atoms with Crippen molar-refractivity contribution in [3.05, 3.63) is 23.8 Å². The largest absolute Gasteiger partial charge is 0.454 e. The van der Waals surface area contributed by atoms with Gasteiger partial charge in [-0.3, -0.25) is 9.69 Å². The van der Waals surface area contributed by atoms with E-state index in [0.717, 1.165) is 23.8 Å². The molecule has 1 heterocycles. The summed E-state index contributed by atoms with van der Waals surface area (Å²) >= 11 is 0. The maximum Gasteiger partial charge on any atom is 0.231 e. The number of nitrogens with zero attached hydrogens (tertiary/aromatic N) is 1. The Morgan fingerprint density at radius 1 is 1.15 bits per heavy atom. The number of ether oxygens (including phenoxy) is 2. The molecule has 0 unspecified atom stereocenters. The highest BCUT2D eigenvalue weighted by Gasteiger charge is 2.34. The van der Waals surface area contributed by atoms with Crippen molar-refractivity contribution in [2.45, 2.75) is 31.7 Å². The first-order valence-corrected chi connectivity index (χ1v) is 7.46. The fourth-order valence-electron chi connectivity index (χ4n) is 2.76. The lowest BCUT2D eigenvalue weighted by Gasteiger charge is -2.20. The minimum Gasteiger partial charge on any atom is -0.454 e. The molecule has 4 rings (SSSR count). The van der Waals surface area contributed by atoms with Gasteiger partial charge in [-0.1, -0.05) is 0 Å². The molecule has 0 saturated heterocycles. The predicted molar refractivity (Wildman–Crippen MR) is 74.2 cm³/mol. The Labute approximate surface area is 118 Å². The van der Waals surface area contributed by atoms with Crippen molar-refractivity contribution in [3.8, 4) is 11.5 Å². The van der Waals surface area contributed by atoms with E-state index in [9.17, 15) is 4.79 Å². The van der Waals surface area contributed by atoms with Gasteiger partial charge < -0.3 is 9.47 Å². The van der Waals surface area contributed by atoms with E-state index in [-0.39, 0.29) is 12.6 Å². The summed E-state index contributed by atoms with van der Waals surface area (Å²) < 4.78 is 10.6. The third-order valence-corrected chi connectivity index (χ3v) is 4.29. The van der Waals surface area contributed by atoms with Crippen LogP contribution in [0, 0.1) is 5.92 Å². The van der Waals surface area contributed by atoms with Crippen molar-refractivity contribution in [2.75, 3.05) is 19.9 Å². The van der Waals surface area contributed by atoms with Crippen molar-refractivity contribution in [1.82, 2.24) is 4.90 Å². The first-order chi connectivity index (χ1) is 9.79. The van der Waals surface area contributed by atoms with Gasteiger partial charge in [0.2, 0.25) is 6.79 Å². The molecule has 4 heteroatoms. The molecule has 0 aromatic heterocycles. The Morgan fingerprint density at radius 3 is 2.70 bits per heavy atom. The summed E-state index contributed by atoms with van der Waals surface area (Å²) in [7, 11) is 0. The standard InChI is InChI=1S/C16H19NO3/c18-14(9-17(13-4-5-13)8-11-1-2-11)12-3-6-15-16(7-12)20-10-19-15/h3,6-7,11,13H,1-2,4-5,8-10H2. The average Bonchev–Trinajstić information content (AvgIpc) is 3.36. The van der Waals surface area contributed by atoms with Crippen LogP contribution in [0.3, 0.4) is 0 Å². The first kappa shape index (κ1) is 12.2. The monoisotopic (exact) mass is 273 g/mol. The van der Waals surface area contributed by atoms with Crippen molar-refractivity contribution in [2.24, 2.45) is 5.92 Å². The van der Waals surface area contributed by atoms with Crippen LogP contribution in [0.15, 0.2) is 18.2 Å². The van der Waals surface area contributed by atoms with Gasteiger partial charge in [-0.15, -0.1) is 0 Å². The second-order valence-electron chi connectivity index (χ2n) is 6.10. The lowest BCUT2D eigenvalue weighted by Crippen LogP contribution is -2.33. The third kappa shape index (κ3) is 2.52. The number of hydrogen-bond donors (Lipinski definition) is 0. The van der Waals surface area contributed by atoms with Crippen molar-refractivity contribution < 1.29 is 14.3 Å². The molecule has 2 saturated carbocycles. The fraction of sp³-hybridized carbons (Fsp3) is 0.562. The highest BCUT2D eigenvalue weighted by atomic mass is 16.7. The number of hydrogen-bond acceptors (Lipinski definition) is 4. The van der Waals surface area contributed by atoms with Crippen LogP contribution >= 0.6 is 0 Å². The summed E-state index contributed by atoms with van der Waals surface area (Å²) in [5.41, 5.74) is 0.732. The first-order valence-electron chi connectivity index (χ1n) is 7.46. The van der Waals surface area contributed by atoms with E-state index < -0.39 is 0 Å². The van der Waals surface area contributed by atoms with Gasteiger partial charge in [0, 0.05) is 18.2 Å². The smallest absolute Gasteiger partial charge is 0.231 e. The molecular weight excluding hydrogens is 254 g/mol. The zero-order chi connectivity index (χ0) is 13.5. The summed E-state index contributed by atoms with van der Waals surface area (Å²) in [6.07, 6.45) is 5.17. The normalized spacial score (nSPS) is 20.4. The molecule has 0 atom stereocenters. The van der Waals surface area contributed by atoms with Crippen LogP contribution in [0.4, 0.5) is 0 Å². The Bertz CT molecular complexity index is 535. The van der Waals surface area contributed by atoms with Gasteiger partial charge in [-0.05, 0) is 49.8 Å². The van der Waals surface area contributed by atoms with Gasteiger partial charge in [-0.25, -0.2) is 0 Å². The second-order valence-corrected chi connectivity index (χ2v) is 6.10. The molecule has 20 heavy (non-hydrogen) atoms. The molecule has 1 aliphatic heterocycles. The van der Waals surface area contributed by atoms with E-state index in [1.165, 1.54) is 25.7 Å². The van der Waals surface area contributed by atoms with E-state index in [1.807, 2.05) is 18.2 Å². The zero-order valence-corrected chi connectivity index (χ0v) is 11.5.